The summed E-state index contributed by atoms with van der Waals surface area (Å²) in [6.07, 6.45) is 4.00. The molecule has 0 aliphatic carbocycles. The summed E-state index contributed by atoms with van der Waals surface area (Å²) in [4.78, 5) is 18.7. The molecule has 0 spiro atoms. The van der Waals surface area contributed by atoms with Crippen molar-refractivity contribution < 1.29 is 9.53 Å². The molecule has 0 saturated carbocycles. The molecule has 0 bridgehead atoms. The average molecular weight is 233 g/mol. The van der Waals surface area contributed by atoms with E-state index in [4.69, 9.17) is 10.5 Å². The third kappa shape index (κ3) is 2.45. The first-order chi connectivity index (χ1) is 8.22. The van der Waals surface area contributed by atoms with Crippen LogP contribution >= 0.6 is 0 Å². The molecule has 0 aliphatic rings. The van der Waals surface area contributed by atoms with E-state index in [9.17, 15) is 4.79 Å². The molecule has 2 heterocycles. The van der Waals surface area contributed by atoms with Gasteiger partial charge in [0.2, 0.25) is 0 Å². The first kappa shape index (κ1) is 11.6. The molecule has 0 amide bonds. The summed E-state index contributed by atoms with van der Waals surface area (Å²) in [5.74, 6) is -0.370. The molecule has 0 aliphatic heterocycles. The van der Waals surface area contributed by atoms with Crippen LogP contribution in [-0.2, 0) is 16.0 Å². The minimum Gasteiger partial charge on any atom is -0.465 e. The lowest BCUT2D eigenvalue weighted by molar-refractivity contribution is -0.144. The fourth-order valence-corrected chi connectivity index (χ4v) is 1.75. The van der Waals surface area contributed by atoms with Gasteiger partial charge in [-0.1, -0.05) is 0 Å². The summed E-state index contributed by atoms with van der Waals surface area (Å²) >= 11 is 0. The zero-order valence-electron chi connectivity index (χ0n) is 9.64. The summed E-state index contributed by atoms with van der Waals surface area (Å²) in [7, 11) is 0. The molecule has 17 heavy (non-hydrogen) atoms. The quantitative estimate of drug-likeness (QED) is 0.772. The number of carbonyl (C=O) groups is 1. The predicted octanol–water partition coefficient (Wildman–Crippen LogP) is 0.996. The van der Waals surface area contributed by atoms with Gasteiger partial charge in [-0.2, -0.15) is 0 Å². The summed E-state index contributed by atoms with van der Waals surface area (Å²) in [5.41, 5.74) is 7.56. The van der Waals surface area contributed by atoms with E-state index in [1.54, 1.807) is 13.1 Å². The Hall–Kier alpha value is -1.88. The number of nitrogens with two attached hydrogens (primary N) is 1. The number of H-pyrrole nitrogens is 1. The number of nitrogens with one attached hydrogen (secondary N) is 1. The Balaban J connectivity index is 2.16. The lowest BCUT2D eigenvalue weighted by Gasteiger charge is -2.09. The Morgan fingerprint density at radius 3 is 3.24 bits per heavy atom. The van der Waals surface area contributed by atoms with Gasteiger partial charge >= 0.3 is 5.97 Å². The van der Waals surface area contributed by atoms with E-state index in [-0.39, 0.29) is 5.97 Å². The summed E-state index contributed by atoms with van der Waals surface area (Å²) < 4.78 is 4.87. The molecule has 2 aromatic heterocycles. The monoisotopic (exact) mass is 233 g/mol. The highest BCUT2D eigenvalue weighted by Crippen LogP contribution is 2.16. The zero-order chi connectivity index (χ0) is 12.3. The number of carbonyl (C=O) groups excluding carboxylic acids is 1. The van der Waals surface area contributed by atoms with Gasteiger partial charge in [0.1, 0.15) is 11.7 Å². The lowest BCUT2D eigenvalue weighted by atomic mass is 10.1. The number of rotatable bonds is 4. The summed E-state index contributed by atoms with van der Waals surface area (Å²) in [6, 6.07) is 3.18. The number of aromatic nitrogens is 2. The second-order valence-corrected chi connectivity index (χ2v) is 3.78. The first-order valence-electron chi connectivity index (χ1n) is 5.55. The molecule has 5 heteroatoms. The minimum absolute atomic E-state index is 0.349. The maximum atomic E-state index is 11.4. The maximum Gasteiger partial charge on any atom is 0.323 e. The largest absolute Gasteiger partial charge is 0.465 e. The highest BCUT2D eigenvalue weighted by atomic mass is 16.5. The highest BCUT2D eigenvalue weighted by Gasteiger charge is 2.17. The number of fused-ring (bicyclic) bond motifs is 1. The van der Waals surface area contributed by atoms with Crippen LogP contribution in [0.2, 0.25) is 0 Å². The summed E-state index contributed by atoms with van der Waals surface area (Å²) in [5, 5.41) is 0.993. The second kappa shape index (κ2) is 4.97. The number of esters is 1. The molecule has 0 radical (unpaired) electrons. The van der Waals surface area contributed by atoms with Crippen molar-refractivity contribution in [1.82, 2.24) is 9.97 Å². The van der Waals surface area contributed by atoms with Crippen LogP contribution in [0.3, 0.4) is 0 Å². The zero-order valence-corrected chi connectivity index (χ0v) is 9.64. The molecule has 0 fully saturated rings. The van der Waals surface area contributed by atoms with Crippen LogP contribution in [-0.4, -0.2) is 28.6 Å². The number of hydrogen-bond acceptors (Lipinski definition) is 4. The van der Waals surface area contributed by atoms with E-state index in [1.807, 2.05) is 18.3 Å². The van der Waals surface area contributed by atoms with Gasteiger partial charge in [0.05, 0.1) is 6.61 Å². The second-order valence-electron chi connectivity index (χ2n) is 3.78. The molecule has 2 aromatic rings. The molecule has 2 rings (SSSR count). The maximum absolute atomic E-state index is 11.4. The molecule has 0 unspecified atom stereocenters. The van der Waals surface area contributed by atoms with Crippen LogP contribution in [0.15, 0.2) is 24.5 Å². The Morgan fingerprint density at radius 1 is 1.65 bits per heavy atom. The van der Waals surface area contributed by atoms with Gasteiger partial charge in [-0.05, 0) is 24.6 Å². The standard InChI is InChI=1S/C12H15N3O2/c1-2-17-12(16)10(13)6-8-7-15-11-9(8)4-3-5-14-11/h3-5,7,10H,2,6,13H2,1H3,(H,14,15)/t10-/m1/s1. The van der Waals surface area contributed by atoms with Gasteiger partial charge in [0.15, 0.2) is 0 Å². The smallest absolute Gasteiger partial charge is 0.323 e. The number of aromatic amines is 1. The number of hydrogen-bond donors (Lipinski definition) is 2. The number of pyridine rings is 1. The fraction of sp³-hybridized carbons (Fsp3) is 0.333. The molecule has 0 aromatic carbocycles. The van der Waals surface area contributed by atoms with E-state index in [1.165, 1.54) is 0 Å². The van der Waals surface area contributed by atoms with Gasteiger partial charge in [0, 0.05) is 24.2 Å². The molecule has 5 nitrogen and oxygen atoms in total. The summed E-state index contributed by atoms with van der Waals surface area (Å²) in [6.45, 7) is 2.11. The minimum atomic E-state index is -0.630. The average Bonchev–Trinajstić information content (AvgIpc) is 2.73. The van der Waals surface area contributed by atoms with Crippen molar-refractivity contribution in [2.45, 2.75) is 19.4 Å². The van der Waals surface area contributed by atoms with Crippen LogP contribution in [0.1, 0.15) is 12.5 Å². The van der Waals surface area contributed by atoms with Gasteiger partial charge in [-0.15, -0.1) is 0 Å². The van der Waals surface area contributed by atoms with E-state index < -0.39 is 6.04 Å². The predicted molar refractivity (Wildman–Crippen MR) is 64.4 cm³/mol. The number of ether oxygens (including phenoxy) is 1. The lowest BCUT2D eigenvalue weighted by Crippen LogP contribution is -2.34. The van der Waals surface area contributed by atoms with E-state index in [0.717, 1.165) is 16.6 Å². The van der Waals surface area contributed by atoms with E-state index in [0.29, 0.717) is 13.0 Å². The Kier molecular flexibility index (Phi) is 3.39. The van der Waals surface area contributed by atoms with Crippen LogP contribution in [0, 0.1) is 0 Å². The molecule has 3 N–H and O–H groups in total. The van der Waals surface area contributed by atoms with Gasteiger partial charge in [-0.3, -0.25) is 4.79 Å². The third-order valence-corrected chi connectivity index (χ3v) is 2.57. The molecular weight excluding hydrogens is 218 g/mol. The van der Waals surface area contributed by atoms with Crippen molar-refractivity contribution in [3.63, 3.8) is 0 Å². The topological polar surface area (TPSA) is 81.0 Å². The molecule has 90 valence electrons. The van der Waals surface area contributed by atoms with Crippen LogP contribution in [0.5, 0.6) is 0 Å². The molecular formula is C12H15N3O2. The van der Waals surface area contributed by atoms with Crippen LogP contribution < -0.4 is 5.73 Å². The van der Waals surface area contributed by atoms with Crippen LogP contribution in [0.4, 0.5) is 0 Å². The fourth-order valence-electron chi connectivity index (χ4n) is 1.75. The Morgan fingerprint density at radius 2 is 2.47 bits per heavy atom. The van der Waals surface area contributed by atoms with E-state index in [2.05, 4.69) is 9.97 Å². The third-order valence-electron chi connectivity index (χ3n) is 2.57. The van der Waals surface area contributed by atoms with Crippen LogP contribution in [0.25, 0.3) is 11.0 Å². The van der Waals surface area contributed by atoms with Crippen molar-refractivity contribution in [3.05, 3.63) is 30.1 Å². The van der Waals surface area contributed by atoms with Crippen molar-refractivity contribution in [1.29, 1.82) is 0 Å². The van der Waals surface area contributed by atoms with Crippen molar-refractivity contribution >= 4 is 17.0 Å². The SMILES string of the molecule is CCOC(=O)[C@H](N)Cc1c[nH]c2ncccc12. The molecule has 0 saturated heterocycles. The highest BCUT2D eigenvalue weighted by molar-refractivity contribution is 5.81. The van der Waals surface area contributed by atoms with Gasteiger partial charge in [-0.25, -0.2) is 4.98 Å². The Bertz CT molecular complexity index is 521. The van der Waals surface area contributed by atoms with E-state index >= 15 is 0 Å². The van der Waals surface area contributed by atoms with Crippen molar-refractivity contribution in [2.24, 2.45) is 5.73 Å². The van der Waals surface area contributed by atoms with Crippen molar-refractivity contribution in [2.75, 3.05) is 6.61 Å². The first-order valence-corrected chi connectivity index (χ1v) is 5.55. The molecule has 1 atom stereocenters. The van der Waals surface area contributed by atoms with Crippen molar-refractivity contribution in [3.8, 4) is 0 Å². The van der Waals surface area contributed by atoms with Gasteiger partial charge < -0.3 is 15.5 Å². The van der Waals surface area contributed by atoms with Gasteiger partial charge in [0.25, 0.3) is 0 Å². The number of nitrogens with zero attached hydrogens (tertiary/aromatic N) is 1. The Labute approximate surface area is 99.0 Å². The normalized spacial score (nSPS) is 12.6.